The number of anilines is 1. The lowest BCUT2D eigenvalue weighted by Crippen LogP contribution is -2.09. The first-order valence-electron chi connectivity index (χ1n) is 5.92. The van der Waals surface area contributed by atoms with E-state index < -0.39 is 5.82 Å². The van der Waals surface area contributed by atoms with Crippen molar-refractivity contribution in [1.82, 2.24) is 4.98 Å². The lowest BCUT2D eigenvalue weighted by Gasteiger charge is -2.18. The quantitative estimate of drug-likeness (QED) is 0.733. The largest absolute Gasteiger partial charge is 0.376 e. The Morgan fingerprint density at radius 2 is 1.90 bits per heavy atom. The number of aryl methyl sites for hydroxylation is 1. The van der Waals surface area contributed by atoms with Crippen molar-refractivity contribution in [3.05, 3.63) is 56.5 Å². The van der Waals surface area contributed by atoms with E-state index in [0.717, 1.165) is 11.1 Å². The van der Waals surface area contributed by atoms with E-state index in [-0.39, 0.29) is 16.2 Å². The number of hydrogen-bond donors (Lipinski definition) is 1. The van der Waals surface area contributed by atoms with E-state index in [4.69, 9.17) is 34.8 Å². The molecule has 1 aromatic carbocycles. The summed E-state index contributed by atoms with van der Waals surface area (Å²) in [7, 11) is 0. The summed E-state index contributed by atoms with van der Waals surface area (Å²) in [5.41, 5.74) is 2.31. The molecule has 2 nitrogen and oxygen atoms in total. The van der Waals surface area contributed by atoms with Gasteiger partial charge < -0.3 is 5.32 Å². The maximum absolute atomic E-state index is 13.5. The van der Waals surface area contributed by atoms with Gasteiger partial charge in [-0.15, -0.1) is 0 Å². The van der Waals surface area contributed by atoms with Gasteiger partial charge in [-0.25, -0.2) is 9.37 Å². The van der Waals surface area contributed by atoms with Gasteiger partial charge >= 0.3 is 0 Å². The van der Waals surface area contributed by atoms with Crippen LogP contribution in [0, 0.1) is 12.7 Å². The summed E-state index contributed by atoms with van der Waals surface area (Å²) in [5.74, 6) is -0.449. The van der Waals surface area contributed by atoms with Crippen molar-refractivity contribution in [1.29, 1.82) is 0 Å². The number of rotatable bonds is 3. The summed E-state index contributed by atoms with van der Waals surface area (Å²) in [6.45, 7) is 3.77. The fourth-order valence-corrected chi connectivity index (χ4v) is 2.55. The van der Waals surface area contributed by atoms with Crippen LogP contribution in [0.1, 0.15) is 24.1 Å². The molecule has 0 radical (unpaired) electrons. The molecule has 0 saturated heterocycles. The molecule has 20 heavy (non-hydrogen) atoms. The van der Waals surface area contributed by atoms with E-state index in [0.29, 0.717) is 10.8 Å². The summed E-state index contributed by atoms with van der Waals surface area (Å²) in [6.07, 6.45) is 0. The Kier molecular flexibility index (Phi) is 4.74. The minimum Gasteiger partial charge on any atom is -0.376 e. The monoisotopic (exact) mass is 332 g/mol. The van der Waals surface area contributed by atoms with Gasteiger partial charge in [0.1, 0.15) is 11.0 Å². The predicted octanol–water partition coefficient (Wildman–Crippen LogP) is 5.66. The average Bonchev–Trinajstić information content (AvgIpc) is 2.36. The molecular formula is C14H12Cl3FN2. The van der Waals surface area contributed by atoms with Crippen LogP contribution in [0.4, 0.5) is 10.1 Å². The van der Waals surface area contributed by atoms with Crippen LogP contribution in [0.5, 0.6) is 0 Å². The van der Waals surface area contributed by atoms with Crippen molar-refractivity contribution in [3.8, 4) is 0 Å². The third-order valence-electron chi connectivity index (χ3n) is 2.95. The minimum atomic E-state index is -0.449. The normalized spacial score (nSPS) is 12.3. The molecule has 6 heteroatoms. The fraction of sp³-hybridized carbons (Fsp3) is 0.214. The molecule has 106 valence electrons. The zero-order valence-electron chi connectivity index (χ0n) is 10.8. The third-order valence-corrected chi connectivity index (χ3v) is 3.72. The van der Waals surface area contributed by atoms with Gasteiger partial charge in [-0.05, 0) is 43.2 Å². The van der Waals surface area contributed by atoms with Crippen LogP contribution in [-0.2, 0) is 0 Å². The highest BCUT2D eigenvalue weighted by atomic mass is 35.5. The molecule has 0 aliphatic carbocycles. The molecule has 0 spiro atoms. The van der Waals surface area contributed by atoms with Crippen LogP contribution in [0.15, 0.2) is 24.3 Å². The lowest BCUT2D eigenvalue weighted by atomic mass is 10.1. The van der Waals surface area contributed by atoms with Crippen molar-refractivity contribution >= 4 is 40.5 Å². The second kappa shape index (κ2) is 6.17. The Bertz CT molecular complexity index is 623. The van der Waals surface area contributed by atoms with Crippen LogP contribution in [0.3, 0.4) is 0 Å². The van der Waals surface area contributed by atoms with Gasteiger partial charge in [-0.2, -0.15) is 0 Å². The summed E-state index contributed by atoms with van der Waals surface area (Å²) in [6, 6.07) is 6.24. The summed E-state index contributed by atoms with van der Waals surface area (Å²) < 4.78 is 13.5. The highest BCUT2D eigenvalue weighted by molar-refractivity contribution is 6.34. The van der Waals surface area contributed by atoms with E-state index >= 15 is 0 Å². The number of aromatic nitrogens is 1. The Morgan fingerprint density at radius 3 is 2.50 bits per heavy atom. The first kappa shape index (κ1) is 15.4. The molecule has 1 heterocycles. The smallest absolute Gasteiger partial charge is 0.154 e. The second-order valence-corrected chi connectivity index (χ2v) is 5.62. The van der Waals surface area contributed by atoms with E-state index in [9.17, 15) is 4.39 Å². The molecule has 1 atom stereocenters. The van der Waals surface area contributed by atoms with Gasteiger partial charge in [-0.1, -0.05) is 40.9 Å². The second-order valence-electron chi connectivity index (χ2n) is 4.47. The Morgan fingerprint density at radius 1 is 1.20 bits per heavy atom. The Balaban J connectivity index is 2.27. The molecule has 0 aliphatic heterocycles. The SMILES string of the molecule is Cc1cc(Cl)nc(Cl)c1NC(C)c1ccc(Cl)c(F)c1. The molecule has 0 amide bonds. The van der Waals surface area contributed by atoms with Gasteiger partial charge in [0.15, 0.2) is 5.15 Å². The maximum Gasteiger partial charge on any atom is 0.154 e. The zero-order chi connectivity index (χ0) is 14.9. The van der Waals surface area contributed by atoms with E-state index in [2.05, 4.69) is 10.3 Å². The van der Waals surface area contributed by atoms with Crippen molar-refractivity contribution in [3.63, 3.8) is 0 Å². The number of hydrogen-bond acceptors (Lipinski definition) is 2. The summed E-state index contributed by atoms with van der Waals surface area (Å²) in [4.78, 5) is 3.99. The zero-order valence-corrected chi connectivity index (χ0v) is 13.1. The lowest BCUT2D eigenvalue weighted by molar-refractivity contribution is 0.624. The van der Waals surface area contributed by atoms with Crippen LogP contribution >= 0.6 is 34.8 Å². The highest BCUT2D eigenvalue weighted by Gasteiger charge is 2.13. The average molecular weight is 334 g/mol. The van der Waals surface area contributed by atoms with Crippen LogP contribution in [-0.4, -0.2) is 4.98 Å². The first-order valence-corrected chi connectivity index (χ1v) is 7.06. The summed E-state index contributed by atoms with van der Waals surface area (Å²) >= 11 is 17.6. The Hall–Kier alpha value is -1.03. The number of nitrogens with zero attached hydrogens (tertiary/aromatic N) is 1. The Labute approximate surface area is 131 Å². The molecule has 1 unspecified atom stereocenters. The van der Waals surface area contributed by atoms with Gasteiger partial charge in [0.25, 0.3) is 0 Å². The molecule has 1 N–H and O–H groups in total. The van der Waals surface area contributed by atoms with Crippen molar-refractivity contribution in [2.45, 2.75) is 19.9 Å². The standard InChI is InChI=1S/C14H12Cl3FN2/c1-7-5-12(16)20-14(17)13(7)19-8(2)9-3-4-10(15)11(18)6-9/h3-6,8,19H,1-2H3. The molecule has 2 aromatic rings. The molecule has 1 aromatic heterocycles. The molecule has 0 saturated carbocycles. The highest BCUT2D eigenvalue weighted by Crippen LogP contribution is 2.30. The van der Waals surface area contributed by atoms with Crippen LogP contribution in [0.25, 0.3) is 0 Å². The summed E-state index contributed by atoms with van der Waals surface area (Å²) in [5, 5.41) is 3.93. The van der Waals surface area contributed by atoms with Crippen molar-refractivity contribution in [2.75, 3.05) is 5.32 Å². The van der Waals surface area contributed by atoms with Gasteiger partial charge in [0.2, 0.25) is 0 Å². The number of halogens is 4. The number of nitrogens with one attached hydrogen (secondary N) is 1. The third kappa shape index (κ3) is 3.35. The fourth-order valence-electron chi connectivity index (χ4n) is 1.85. The molecule has 0 aliphatic rings. The van der Waals surface area contributed by atoms with Gasteiger partial charge in [-0.3, -0.25) is 0 Å². The van der Waals surface area contributed by atoms with Gasteiger partial charge in [0.05, 0.1) is 10.7 Å². The molecule has 0 fully saturated rings. The van der Waals surface area contributed by atoms with Crippen LogP contribution in [0.2, 0.25) is 15.3 Å². The molecule has 0 bridgehead atoms. The van der Waals surface area contributed by atoms with E-state index in [1.165, 1.54) is 12.1 Å². The molecular weight excluding hydrogens is 322 g/mol. The van der Waals surface area contributed by atoms with Gasteiger partial charge in [0, 0.05) is 6.04 Å². The van der Waals surface area contributed by atoms with E-state index in [1.807, 2.05) is 13.8 Å². The maximum atomic E-state index is 13.5. The van der Waals surface area contributed by atoms with E-state index in [1.54, 1.807) is 12.1 Å². The number of benzene rings is 1. The van der Waals surface area contributed by atoms with Crippen LogP contribution < -0.4 is 5.32 Å². The first-order chi connectivity index (χ1) is 9.38. The molecule has 2 rings (SSSR count). The van der Waals surface area contributed by atoms with Crippen molar-refractivity contribution in [2.24, 2.45) is 0 Å². The predicted molar refractivity (Wildman–Crippen MR) is 82.4 cm³/mol. The number of pyridine rings is 1. The topological polar surface area (TPSA) is 24.9 Å². The minimum absolute atomic E-state index is 0.100. The van der Waals surface area contributed by atoms with Crippen molar-refractivity contribution < 1.29 is 4.39 Å².